The van der Waals surface area contributed by atoms with Crippen molar-refractivity contribution >= 4 is 30.7 Å². The van der Waals surface area contributed by atoms with E-state index in [1.54, 1.807) is 6.20 Å². The minimum Gasteiger partial charge on any atom is -0.332 e. The molecule has 0 aliphatic carbocycles. The summed E-state index contributed by atoms with van der Waals surface area (Å²) in [5, 5.41) is 3.34. The number of piperidine rings is 1. The van der Waals surface area contributed by atoms with E-state index in [0.717, 1.165) is 50.5 Å². The van der Waals surface area contributed by atoms with E-state index in [4.69, 9.17) is 0 Å². The van der Waals surface area contributed by atoms with Gasteiger partial charge >= 0.3 is 0 Å². The van der Waals surface area contributed by atoms with Crippen molar-refractivity contribution in [1.29, 1.82) is 0 Å². The minimum atomic E-state index is 0. The largest absolute Gasteiger partial charge is 0.332 e. The molecule has 3 heterocycles. The molecule has 1 N–H and O–H groups in total. The highest BCUT2D eigenvalue weighted by Crippen LogP contribution is 2.20. The molecule has 5 nitrogen and oxygen atoms in total. The molecular formula is C12H20Cl2N4O. The van der Waals surface area contributed by atoms with Gasteiger partial charge in [-0.2, -0.15) is 0 Å². The predicted molar refractivity (Wildman–Crippen MR) is 78.4 cm³/mol. The Balaban J connectivity index is 0.000000902. The zero-order valence-corrected chi connectivity index (χ0v) is 12.6. The van der Waals surface area contributed by atoms with Crippen molar-refractivity contribution in [2.24, 2.45) is 0 Å². The molecule has 0 saturated carbocycles. The number of carbonyl (C=O) groups excluding carboxylic acids is 1. The number of aromatic nitrogens is 2. The summed E-state index contributed by atoms with van der Waals surface area (Å²) in [5.74, 6) is 1.10. The first-order valence-corrected chi connectivity index (χ1v) is 6.31. The van der Waals surface area contributed by atoms with Crippen LogP contribution in [0.3, 0.4) is 0 Å². The first-order chi connectivity index (χ1) is 8.27. The lowest BCUT2D eigenvalue weighted by atomic mass is 10.0. The van der Waals surface area contributed by atoms with Crippen LogP contribution in [0.1, 0.15) is 29.2 Å². The van der Waals surface area contributed by atoms with Gasteiger partial charge in [-0.25, -0.2) is 4.98 Å². The van der Waals surface area contributed by atoms with E-state index in [9.17, 15) is 4.79 Å². The Morgan fingerprint density at radius 2 is 1.95 bits per heavy atom. The topological polar surface area (TPSA) is 50.2 Å². The zero-order valence-electron chi connectivity index (χ0n) is 11.0. The Bertz CT molecular complexity index is 443. The second kappa shape index (κ2) is 6.59. The lowest BCUT2D eigenvalue weighted by Crippen LogP contribution is -2.50. The second-order valence-electron chi connectivity index (χ2n) is 4.82. The highest BCUT2D eigenvalue weighted by Gasteiger charge is 2.31. The Morgan fingerprint density at radius 3 is 2.63 bits per heavy atom. The number of aryl methyl sites for hydroxylation is 1. The lowest BCUT2D eigenvalue weighted by molar-refractivity contribution is 0.0579. The van der Waals surface area contributed by atoms with Gasteiger partial charge in [0.25, 0.3) is 5.91 Å². The minimum absolute atomic E-state index is 0. The molecule has 0 atom stereocenters. The van der Waals surface area contributed by atoms with Crippen LogP contribution in [0.4, 0.5) is 0 Å². The van der Waals surface area contributed by atoms with E-state index in [1.807, 2.05) is 16.4 Å². The molecule has 1 fully saturated rings. The third kappa shape index (κ3) is 2.88. The van der Waals surface area contributed by atoms with Crippen molar-refractivity contribution in [1.82, 2.24) is 19.8 Å². The number of hydrogen-bond donors (Lipinski definition) is 1. The first-order valence-electron chi connectivity index (χ1n) is 6.31. The fraction of sp³-hybridized carbons (Fsp3) is 0.667. The van der Waals surface area contributed by atoms with Crippen molar-refractivity contribution < 1.29 is 4.79 Å². The number of hydrogen-bond acceptors (Lipinski definition) is 3. The smallest absolute Gasteiger partial charge is 0.272 e. The Labute approximate surface area is 125 Å². The number of amides is 1. The van der Waals surface area contributed by atoms with Crippen molar-refractivity contribution in [3.63, 3.8) is 0 Å². The van der Waals surface area contributed by atoms with Gasteiger partial charge in [0.15, 0.2) is 0 Å². The molecule has 3 rings (SSSR count). The van der Waals surface area contributed by atoms with Crippen LogP contribution in [0, 0.1) is 6.92 Å². The molecule has 19 heavy (non-hydrogen) atoms. The number of fused-ring (bicyclic) bond motifs is 1. The fourth-order valence-electron chi connectivity index (χ4n) is 2.84. The number of halogens is 2. The summed E-state index contributed by atoms with van der Waals surface area (Å²) in [7, 11) is 0. The van der Waals surface area contributed by atoms with E-state index < -0.39 is 0 Å². The highest BCUT2D eigenvalue weighted by atomic mass is 35.5. The summed E-state index contributed by atoms with van der Waals surface area (Å²) < 4.78 is 2.03. The van der Waals surface area contributed by atoms with E-state index in [-0.39, 0.29) is 30.7 Å². The van der Waals surface area contributed by atoms with Crippen LogP contribution in [-0.4, -0.2) is 46.0 Å². The van der Waals surface area contributed by atoms with E-state index in [1.165, 1.54) is 0 Å². The van der Waals surface area contributed by atoms with Crippen LogP contribution in [-0.2, 0) is 6.54 Å². The maximum atomic E-state index is 12.4. The number of rotatable bonds is 1. The Kier molecular flexibility index (Phi) is 5.64. The molecule has 0 aromatic carbocycles. The van der Waals surface area contributed by atoms with Gasteiger partial charge < -0.3 is 14.8 Å². The van der Waals surface area contributed by atoms with Gasteiger partial charge in [-0.15, -0.1) is 24.8 Å². The molecule has 2 aliphatic heterocycles. The summed E-state index contributed by atoms with van der Waals surface area (Å²) in [6.07, 6.45) is 3.85. The van der Waals surface area contributed by atoms with Crippen molar-refractivity contribution in [3.8, 4) is 0 Å². The molecule has 1 amide bonds. The fourth-order valence-corrected chi connectivity index (χ4v) is 2.84. The third-order valence-corrected chi connectivity index (χ3v) is 3.85. The molecule has 0 radical (unpaired) electrons. The molecule has 0 bridgehead atoms. The summed E-state index contributed by atoms with van der Waals surface area (Å²) in [6, 6.07) is 0.410. The molecule has 1 aromatic heterocycles. The maximum absolute atomic E-state index is 12.4. The monoisotopic (exact) mass is 306 g/mol. The maximum Gasteiger partial charge on any atom is 0.272 e. The number of carbonyl (C=O) groups is 1. The Hall–Kier alpha value is -0.780. The van der Waals surface area contributed by atoms with Gasteiger partial charge in [-0.05, 0) is 32.9 Å². The van der Waals surface area contributed by atoms with Crippen LogP contribution < -0.4 is 5.32 Å². The van der Waals surface area contributed by atoms with Gasteiger partial charge in [0, 0.05) is 19.1 Å². The zero-order chi connectivity index (χ0) is 11.8. The summed E-state index contributed by atoms with van der Waals surface area (Å²) in [4.78, 5) is 18.6. The second-order valence-corrected chi connectivity index (χ2v) is 4.82. The van der Waals surface area contributed by atoms with Crippen LogP contribution in [0.25, 0.3) is 0 Å². The SMILES string of the molecule is Cc1ncc2n1CCN(C1CCNCC1)C2=O.Cl.Cl. The Morgan fingerprint density at radius 1 is 1.26 bits per heavy atom. The summed E-state index contributed by atoms with van der Waals surface area (Å²) in [5.41, 5.74) is 0.757. The van der Waals surface area contributed by atoms with E-state index in [2.05, 4.69) is 10.3 Å². The van der Waals surface area contributed by atoms with E-state index >= 15 is 0 Å². The predicted octanol–water partition coefficient (Wildman–Crippen LogP) is 1.24. The van der Waals surface area contributed by atoms with Gasteiger partial charge in [0.05, 0.1) is 6.20 Å². The average Bonchev–Trinajstić information content (AvgIpc) is 2.74. The van der Waals surface area contributed by atoms with Gasteiger partial charge in [0.1, 0.15) is 11.5 Å². The van der Waals surface area contributed by atoms with Crippen LogP contribution >= 0.6 is 24.8 Å². The molecule has 1 aromatic rings. The summed E-state index contributed by atoms with van der Waals surface area (Å²) in [6.45, 7) is 5.71. The van der Waals surface area contributed by atoms with Crippen LogP contribution in [0.15, 0.2) is 6.20 Å². The average molecular weight is 307 g/mol. The first kappa shape index (κ1) is 16.3. The quantitative estimate of drug-likeness (QED) is 0.849. The van der Waals surface area contributed by atoms with Crippen molar-refractivity contribution in [2.75, 3.05) is 19.6 Å². The van der Waals surface area contributed by atoms with Gasteiger partial charge in [-0.1, -0.05) is 0 Å². The van der Waals surface area contributed by atoms with Gasteiger partial charge in [-0.3, -0.25) is 4.79 Å². The molecule has 2 aliphatic rings. The van der Waals surface area contributed by atoms with E-state index in [0.29, 0.717) is 6.04 Å². The number of nitrogens with one attached hydrogen (secondary N) is 1. The highest BCUT2D eigenvalue weighted by molar-refractivity contribution is 5.93. The van der Waals surface area contributed by atoms with Crippen molar-refractivity contribution in [2.45, 2.75) is 32.4 Å². The van der Waals surface area contributed by atoms with Gasteiger partial charge in [0.2, 0.25) is 0 Å². The molecular weight excluding hydrogens is 287 g/mol. The number of nitrogens with zero attached hydrogens (tertiary/aromatic N) is 3. The normalized spacial score (nSPS) is 19.4. The molecule has 1 saturated heterocycles. The molecule has 0 spiro atoms. The van der Waals surface area contributed by atoms with Crippen LogP contribution in [0.5, 0.6) is 0 Å². The third-order valence-electron chi connectivity index (χ3n) is 3.85. The van der Waals surface area contributed by atoms with Crippen molar-refractivity contribution in [3.05, 3.63) is 17.7 Å². The lowest BCUT2D eigenvalue weighted by Gasteiger charge is -2.37. The summed E-state index contributed by atoms with van der Waals surface area (Å²) >= 11 is 0. The standard InChI is InChI=1S/C12H18N4O.2ClH/c1-9-14-8-11-12(17)16(7-6-15(9)11)10-2-4-13-5-3-10;;/h8,10,13H,2-7H2,1H3;2*1H. The van der Waals surface area contributed by atoms with Crippen LogP contribution in [0.2, 0.25) is 0 Å². The number of imidazole rings is 1. The molecule has 7 heteroatoms. The molecule has 108 valence electrons. The molecule has 0 unspecified atom stereocenters.